The summed E-state index contributed by atoms with van der Waals surface area (Å²) >= 11 is 7.89. The largest absolute Gasteiger partial charge is 0.389 e. The number of hydrogen-bond donors (Lipinski definition) is 1. The van der Waals surface area contributed by atoms with E-state index in [1.54, 1.807) is 0 Å². The van der Waals surface area contributed by atoms with Crippen molar-refractivity contribution < 1.29 is 13.2 Å². The van der Waals surface area contributed by atoms with Crippen LogP contribution >= 0.6 is 28.6 Å². The van der Waals surface area contributed by atoms with Gasteiger partial charge in [0, 0.05) is 15.8 Å². The number of hydrogen-bond acceptors (Lipinski definition) is 1. The van der Waals surface area contributed by atoms with Gasteiger partial charge in [-0.3, -0.25) is 0 Å². The van der Waals surface area contributed by atoms with Gasteiger partial charge in [0.1, 0.15) is 0 Å². The van der Waals surface area contributed by atoms with Gasteiger partial charge in [0.25, 0.3) is 0 Å². The fourth-order valence-electron chi connectivity index (χ4n) is 2.28. The monoisotopic (exact) mass is 382 g/mol. The average Bonchev–Trinajstić information content (AvgIpc) is 2.39. The van der Waals surface area contributed by atoms with Crippen molar-refractivity contribution in [3.8, 4) is 0 Å². The lowest BCUT2D eigenvalue weighted by atomic mass is 10.0. The second-order valence-corrected chi connectivity index (χ2v) is 6.76. The molecule has 120 valence electrons. The van der Waals surface area contributed by atoms with Crippen molar-refractivity contribution in [2.24, 2.45) is 0 Å². The smallest absolute Gasteiger partial charge is 0.171 e. The summed E-state index contributed by atoms with van der Waals surface area (Å²) in [6.45, 7) is 0. The Kier molecular flexibility index (Phi) is 8.79. The van der Waals surface area contributed by atoms with Crippen LogP contribution in [0.3, 0.4) is 0 Å². The van der Waals surface area contributed by atoms with Gasteiger partial charge in [0.05, 0.1) is 0 Å². The molecule has 0 fully saturated rings. The predicted octanol–water partition coefficient (Wildman–Crippen LogP) is 6.96. The van der Waals surface area contributed by atoms with E-state index in [0.29, 0.717) is 6.42 Å². The van der Waals surface area contributed by atoms with Crippen LogP contribution in [0.4, 0.5) is 13.2 Å². The van der Waals surface area contributed by atoms with Gasteiger partial charge in [-0.2, -0.15) is 13.2 Å². The van der Waals surface area contributed by atoms with Crippen LogP contribution in [0, 0.1) is 0 Å². The zero-order valence-electron chi connectivity index (χ0n) is 12.1. The minimum absolute atomic E-state index is 0.268. The first-order valence-corrected chi connectivity index (χ1v) is 8.66. The van der Waals surface area contributed by atoms with E-state index in [9.17, 15) is 13.2 Å². The lowest BCUT2D eigenvalue weighted by molar-refractivity contribution is -0.135. The van der Waals surface area contributed by atoms with Gasteiger partial charge in [-0.1, -0.05) is 48.0 Å². The van der Waals surface area contributed by atoms with E-state index in [-0.39, 0.29) is 6.42 Å². The van der Waals surface area contributed by atoms with Gasteiger partial charge >= 0.3 is 6.18 Å². The normalized spacial score (nSPS) is 11.9. The van der Waals surface area contributed by atoms with Crippen LogP contribution in [0.1, 0.15) is 56.9 Å². The average molecular weight is 383 g/mol. The fourth-order valence-corrected chi connectivity index (χ4v) is 2.94. The van der Waals surface area contributed by atoms with Crippen LogP contribution in [-0.4, -0.2) is 6.18 Å². The number of aryl methyl sites for hydroxylation is 1. The molecule has 0 heterocycles. The number of alkyl halides is 3. The van der Waals surface area contributed by atoms with Gasteiger partial charge in [-0.15, -0.1) is 12.6 Å². The fraction of sp³-hybridized carbons (Fsp3) is 0.625. The van der Waals surface area contributed by atoms with E-state index < -0.39 is 12.6 Å². The summed E-state index contributed by atoms with van der Waals surface area (Å²) < 4.78 is 36.9. The Hall–Kier alpha value is -0.160. The quantitative estimate of drug-likeness (QED) is 0.346. The van der Waals surface area contributed by atoms with Gasteiger partial charge in [-0.05, 0) is 43.0 Å². The van der Waals surface area contributed by atoms with Crippen molar-refractivity contribution in [2.45, 2.75) is 68.9 Å². The highest BCUT2D eigenvalue weighted by molar-refractivity contribution is 9.10. The van der Waals surface area contributed by atoms with Crippen LogP contribution in [0.2, 0.25) is 0 Å². The first-order valence-electron chi connectivity index (χ1n) is 7.42. The molecule has 1 rings (SSSR count). The molecule has 0 radical (unpaired) electrons. The minimum Gasteiger partial charge on any atom is -0.171 e. The lowest BCUT2D eigenvalue weighted by Gasteiger charge is -2.07. The summed E-state index contributed by atoms with van der Waals surface area (Å²) in [6, 6.07) is 6.06. The summed E-state index contributed by atoms with van der Waals surface area (Å²) in [6.07, 6.45) is 2.60. The van der Waals surface area contributed by atoms with E-state index in [1.807, 2.05) is 12.1 Å². The van der Waals surface area contributed by atoms with Crippen molar-refractivity contribution in [1.29, 1.82) is 0 Å². The Balaban J connectivity index is 2.01. The third kappa shape index (κ3) is 9.46. The topological polar surface area (TPSA) is 0 Å². The molecule has 0 spiro atoms. The van der Waals surface area contributed by atoms with Crippen molar-refractivity contribution in [3.05, 3.63) is 28.2 Å². The van der Waals surface area contributed by atoms with Crippen molar-refractivity contribution in [1.82, 2.24) is 0 Å². The van der Waals surface area contributed by atoms with Crippen LogP contribution in [0.5, 0.6) is 0 Å². The number of thiol groups is 1. The maximum absolute atomic E-state index is 11.9. The summed E-state index contributed by atoms with van der Waals surface area (Å²) in [7, 11) is 0. The Morgan fingerprint density at radius 3 is 2.10 bits per heavy atom. The molecule has 0 unspecified atom stereocenters. The molecule has 0 saturated heterocycles. The third-order valence-corrected chi connectivity index (χ3v) is 4.38. The molecular formula is C16H22BrF3S. The van der Waals surface area contributed by atoms with Crippen LogP contribution in [0.25, 0.3) is 0 Å². The molecule has 21 heavy (non-hydrogen) atoms. The van der Waals surface area contributed by atoms with Gasteiger partial charge in [0.15, 0.2) is 0 Å². The minimum atomic E-state index is -3.99. The van der Waals surface area contributed by atoms with Gasteiger partial charge in [-0.25, -0.2) is 0 Å². The predicted molar refractivity (Wildman–Crippen MR) is 88.1 cm³/mol. The SMILES string of the molecule is FC(F)(F)CCCCCCCCCc1cc(Br)ccc1S. The van der Waals surface area contributed by atoms with Gasteiger partial charge < -0.3 is 0 Å². The molecule has 0 saturated carbocycles. The second-order valence-electron chi connectivity index (χ2n) is 5.36. The second kappa shape index (κ2) is 9.78. The maximum atomic E-state index is 11.9. The standard InChI is InChI=1S/C16H22BrF3S/c17-14-9-10-15(21)13(12-14)8-6-4-2-1-3-5-7-11-16(18,19)20/h9-10,12,21H,1-8,11H2. The first kappa shape index (κ1) is 18.9. The summed E-state index contributed by atoms with van der Waals surface area (Å²) in [4.78, 5) is 1.02. The van der Waals surface area contributed by atoms with E-state index in [0.717, 1.165) is 47.9 Å². The van der Waals surface area contributed by atoms with Gasteiger partial charge in [0.2, 0.25) is 0 Å². The first-order chi connectivity index (χ1) is 9.88. The molecule has 5 heteroatoms. The lowest BCUT2D eigenvalue weighted by Crippen LogP contribution is -2.06. The van der Waals surface area contributed by atoms with E-state index >= 15 is 0 Å². The number of benzene rings is 1. The summed E-state index contributed by atoms with van der Waals surface area (Å²) in [5.41, 5.74) is 1.25. The highest BCUT2D eigenvalue weighted by Crippen LogP contribution is 2.24. The Bertz CT molecular complexity index is 418. The van der Waals surface area contributed by atoms with Crippen LogP contribution < -0.4 is 0 Å². The molecule has 0 aromatic heterocycles. The zero-order valence-corrected chi connectivity index (χ0v) is 14.5. The van der Waals surface area contributed by atoms with Crippen molar-refractivity contribution >= 4 is 28.6 Å². The molecule has 0 atom stereocenters. The molecule has 0 amide bonds. The van der Waals surface area contributed by atoms with E-state index in [4.69, 9.17) is 0 Å². The molecule has 0 bridgehead atoms. The zero-order chi connectivity index (χ0) is 15.7. The van der Waals surface area contributed by atoms with Crippen molar-refractivity contribution in [2.75, 3.05) is 0 Å². The highest BCUT2D eigenvalue weighted by Gasteiger charge is 2.25. The van der Waals surface area contributed by atoms with Crippen LogP contribution in [-0.2, 0) is 6.42 Å². The number of rotatable bonds is 9. The Morgan fingerprint density at radius 2 is 1.48 bits per heavy atom. The Morgan fingerprint density at radius 1 is 0.905 bits per heavy atom. The molecule has 0 aliphatic heterocycles. The molecule has 0 nitrogen and oxygen atoms in total. The van der Waals surface area contributed by atoms with Crippen LogP contribution in [0.15, 0.2) is 27.6 Å². The molecule has 0 aliphatic carbocycles. The molecule has 0 aliphatic rings. The molecule has 1 aromatic rings. The van der Waals surface area contributed by atoms with E-state index in [2.05, 4.69) is 34.6 Å². The molecular weight excluding hydrogens is 361 g/mol. The highest BCUT2D eigenvalue weighted by atomic mass is 79.9. The van der Waals surface area contributed by atoms with E-state index in [1.165, 1.54) is 5.56 Å². The third-order valence-electron chi connectivity index (χ3n) is 3.45. The van der Waals surface area contributed by atoms with Crippen molar-refractivity contribution in [3.63, 3.8) is 0 Å². The molecule has 1 aromatic carbocycles. The number of unbranched alkanes of at least 4 members (excludes halogenated alkanes) is 6. The summed E-state index contributed by atoms with van der Waals surface area (Å²) in [5.74, 6) is 0. The summed E-state index contributed by atoms with van der Waals surface area (Å²) in [5, 5.41) is 0. The maximum Gasteiger partial charge on any atom is 0.389 e. The molecule has 0 N–H and O–H groups in total. The number of halogens is 4. The Labute approximate surface area is 139 Å².